The van der Waals surface area contributed by atoms with Gasteiger partial charge in [0.05, 0.1) is 5.02 Å². The summed E-state index contributed by atoms with van der Waals surface area (Å²) in [6.07, 6.45) is 2.15. The number of ketones is 1. The first kappa shape index (κ1) is 14.7. The number of Topliss-reactive ketones (excluding diaryl/α,β-unsaturated/α-hetero) is 1. The average Bonchev–Trinajstić information content (AvgIpc) is 3.01. The van der Waals surface area contributed by atoms with Crippen LogP contribution in [0.15, 0.2) is 34.7 Å². The van der Waals surface area contributed by atoms with Gasteiger partial charge in [-0.3, -0.25) is 4.79 Å². The van der Waals surface area contributed by atoms with Gasteiger partial charge in [-0.2, -0.15) is 0 Å². The number of furan rings is 1. The largest absolute Gasteiger partial charge is 0.466 e. The molecule has 0 radical (unpaired) electrons. The summed E-state index contributed by atoms with van der Waals surface area (Å²) >= 11 is 11.9. The van der Waals surface area contributed by atoms with Crippen LogP contribution in [0.3, 0.4) is 0 Å². The molecule has 0 spiro atoms. The molecule has 0 saturated heterocycles. The highest BCUT2D eigenvalue weighted by atomic mass is 35.5. The summed E-state index contributed by atoms with van der Waals surface area (Å²) in [5.74, 6) is 3.18. The molecule has 0 amide bonds. The second-order valence-electron chi connectivity index (χ2n) is 5.67. The topological polar surface area (TPSA) is 30.2 Å². The third kappa shape index (κ3) is 3.33. The maximum atomic E-state index is 12.2. The minimum Gasteiger partial charge on any atom is -0.466 e. The van der Waals surface area contributed by atoms with Crippen molar-refractivity contribution in [3.8, 4) is 0 Å². The van der Waals surface area contributed by atoms with Crippen LogP contribution in [0.25, 0.3) is 0 Å². The number of benzene rings is 1. The zero-order valence-electron chi connectivity index (χ0n) is 11.7. The number of carbonyl (C=O) groups is 1. The standard InChI is InChI=1S/C17H16Cl2O2/c1-10-8-13(10)17-7-4-12(21-17)3-6-16(20)14-9-11(18)2-5-15(14)19/h2,4-5,7,9-10,13H,3,6,8H2,1H3/t10-,13-/m0/s1. The molecular formula is C17H16Cl2O2. The molecule has 2 aromatic rings. The Kier molecular flexibility index (Phi) is 4.10. The summed E-state index contributed by atoms with van der Waals surface area (Å²) in [5, 5.41) is 0.960. The summed E-state index contributed by atoms with van der Waals surface area (Å²) in [6, 6.07) is 8.94. The first-order chi connectivity index (χ1) is 10.0. The minimum atomic E-state index is -0.0137. The van der Waals surface area contributed by atoms with Crippen molar-refractivity contribution >= 4 is 29.0 Å². The van der Waals surface area contributed by atoms with Gasteiger partial charge < -0.3 is 4.42 Å². The zero-order valence-corrected chi connectivity index (χ0v) is 13.2. The van der Waals surface area contributed by atoms with E-state index in [0.717, 1.165) is 17.4 Å². The fourth-order valence-corrected chi connectivity index (χ4v) is 2.92. The molecule has 2 atom stereocenters. The second kappa shape index (κ2) is 5.86. The summed E-state index contributed by atoms with van der Waals surface area (Å²) in [4.78, 5) is 12.2. The monoisotopic (exact) mass is 322 g/mol. The van der Waals surface area contributed by atoms with E-state index in [1.165, 1.54) is 6.42 Å². The number of carbonyl (C=O) groups excluding carboxylic acids is 1. The minimum absolute atomic E-state index is 0.0137. The fraction of sp³-hybridized carbons (Fsp3) is 0.353. The molecule has 0 N–H and O–H groups in total. The van der Waals surface area contributed by atoms with E-state index in [9.17, 15) is 4.79 Å². The first-order valence-electron chi connectivity index (χ1n) is 7.11. The van der Waals surface area contributed by atoms with Gasteiger partial charge in [-0.25, -0.2) is 0 Å². The summed E-state index contributed by atoms with van der Waals surface area (Å²) < 4.78 is 5.81. The number of aryl methyl sites for hydroxylation is 1. The van der Waals surface area contributed by atoms with E-state index < -0.39 is 0 Å². The molecule has 1 aromatic heterocycles. The van der Waals surface area contributed by atoms with Crippen molar-refractivity contribution in [1.29, 1.82) is 0 Å². The van der Waals surface area contributed by atoms with E-state index in [1.54, 1.807) is 18.2 Å². The molecule has 0 unspecified atom stereocenters. The molecule has 1 aliphatic carbocycles. The Morgan fingerprint density at radius 2 is 2.05 bits per heavy atom. The van der Waals surface area contributed by atoms with Gasteiger partial charge >= 0.3 is 0 Å². The van der Waals surface area contributed by atoms with Crippen LogP contribution in [0.5, 0.6) is 0 Å². The smallest absolute Gasteiger partial charge is 0.164 e. The van der Waals surface area contributed by atoms with Crippen LogP contribution in [-0.2, 0) is 6.42 Å². The lowest BCUT2D eigenvalue weighted by atomic mass is 10.1. The first-order valence-corrected chi connectivity index (χ1v) is 7.87. The Balaban J connectivity index is 1.63. The van der Waals surface area contributed by atoms with Crippen molar-refractivity contribution in [1.82, 2.24) is 0 Å². The van der Waals surface area contributed by atoms with Gasteiger partial charge in [0.2, 0.25) is 0 Å². The molecule has 3 rings (SSSR count). The van der Waals surface area contributed by atoms with E-state index >= 15 is 0 Å². The predicted octanol–water partition coefficient (Wildman–Crippen LogP) is 5.53. The van der Waals surface area contributed by atoms with Crippen molar-refractivity contribution in [2.75, 3.05) is 0 Å². The van der Waals surface area contributed by atoms with Gasteiger partial charge in [-0.05, 0) is 42.7 Å². The van der Waals surface area contributed by atoms with E-state index in [1.807, 2.05) is 12.1 Å². The quantitative estimate of drug-likeness (QED) is 0.678. The van der Waals surface area contributed by atoms with Gasteiger partial charge in [0.15, 0.2) is 5.78 Å². The lowest BCUT2D eigenvalue weighted by molar-refractivity contribution is 0.0981. The SMILES string of the molecule is C[C@H]1C[C@@H]1c1ccc(CCC(=O)c2cc(Cl)ccc2Cl)o1. The molecular weight excluding hydrogens is 307 g/mol. The van der Waals surface area contributed by atoms with Gasteiger partial charge in [0, 0.05) is 29.3 Å². The van der Waals surface area contributed by atoms with Crippen molar-refractivity contribution in [2.24, 2.45) is 5.92 Å². The lowest BCUT2D eigenvalue weighted by Gasteiger charge is -2.03. The normalized spacial score (nSPS) is 20.5. The number of rotatable bonds is 5. The Labute approximate surface area is 134 Å². The molecule has 21 heavy (non-hydrogen) atoms. The molecule has 1 aromatic carbocycles. The number of hydrogen-bond acceptors (Lipinski definition) is 2. The van der Waals surface area contributed by atoms with Crippen LogP contribution in [0.1, 0.15) is 47.6 Å². The number of halogens is 2. The third-order valence-electron chi connectivity index (χ3n) is 3.98. The summed E-state index contributed by atoms with van der Waals surface area (Å²) in [7, 11) is 0. The molecule has 1 saturated carbocycles. The van der Waals surface area contributed by atoms with Gasteiger partial charge in [0.1, 0.15) is 11.5 Å². The van der Waals surface area contributed by atoms with E-state index in [2.05, 4.69) is 6.92 Å². The van der Waals surface area contributed by atoms with Crippen LogP contribution in [0.4, 0.5) is 0 Å². The Bertz CT molecular complexity index is 675. The Morgan fingerprint density at radius 1 is 1.29 bits per heavy atom. The molecule has 1 fully saturated rings. The maximum Gasteiger partial charge on any atom is 0.164 e. The highest BCUT2D eigenvalue weighted by Gasteiger charge is 2.36. The van der Waals surface area contributed by atoms with Crippen molar-refractivity contribution in [3.63, 3.8) is 0 Å². The molecule has 110 valence electrons. The highest BCUT2D eigenvalue weighted by Crippen LogP contribution is 2.47. The Hall–Kier alpha value is -1.25. The van der Waals surface area contributed by atoms with Crippen molar-refractivity contribution in [3.05, 3.63) is 57.5 Å². The average molecular weight is 323 g/mol. The van der Waals surface area contributed by atoms with Crippen molar-refractivity contribution < 1.29 is 9.21 Å². The van der Waals surface area contributed by atoms with Crippen LogP contribution in [0, 0.1) is 5.92 Å². The second-order valence-corrected chi connectivity index (χ2v) is 6.51. The highest BCUT2D eigenvalue weighted by molar-refractivity contribution is 6.35. The third-order valence-corrected chi connectivity index (χ3v) is 4.55. The van der Waals surface area contributed by atoms with E-state index in [-0.39, 0.29) is 5.78 Å². The summed E-state index contributed by atoms with van der Waals surface area (Å²) in [5.41, 5.74) is 0.478. The van der Waals surface area contributed by atoms with Crippen LogP contribution >= 0.6 is 23.2 Å². The van der Waals surface area contributed by atoms with Crippen LogP contribution in [0.2, 0.25) is 10.0 Å². The van der Waals surface area contributed by atoms with Crippen LogP contribution in [-0.4, -0.2) is 5.78 Å². The predicted molar refractivity (Wildman–Crippen MR) is 84.3 cm³/mol. The fourth-order valence-electron chi connectivity index (χ4n) is 2.53. The van der Waals surface area contributed by atoms with E-state index in [4.69, 9.17) is 27.6 Å². The Morgan fingerprint density at radius 3 is 2.76 bits per heavy atom. The molecule has 0 aliphatic heterocycles. The zero-order chi connectivity index (χ0) is 15.0. The molecule has 2 nitrogen and oxygen atoms in total. The van der Waals surface area contributed by atoms with Crippen molar-refractivity contribution in [2.45, 2.75) is 32.1 Å². The molecule has 1 aliphatic rings. The summed E-state index contributed by atoms with van der Waals surface area (Å²) in [6.45, 7) is 2.22. The number of hydrogen-bond donors (Lipinski definition) is 0. The molecule has 1 heterocycles. The van der Waals surface area contributed by atoms with Crippen LogP contribution < -0.4 is 0 Å². The van der Waals surface area contributed by atoms with Gasteiger partial charge in [-0.1, -0.05) is 30.1 Å². The van der Waals surface area contributed by atoms with E-state index in [0.29, 0.717) is 34.4 Å². The molecule has 4 heteroatoms. The van der Waals surface area contributed by atoms with Gasteiger partial charge in [0.25, 0.3) is 0 Å². The van der Waals surface area contributed by atoms with Gasteiger partial charge in [-0.15, -0.1) is 0 Å². The maximum absolute atomic E-state index is 12.2. The molecule has 0 bridgehead atoms. The lowest BCUT2D eigenvalue weighted by Crippen LogP contribution is -2.01.